The molecule has 15 heavy (non-hydrogen) atoms. The van der Waals surface area contributed by atoms with Crippen LogP contribution >= 0.6 is 22.9 Å². The van der Waals surface area contributed by atoms with Crippen LogP contribution in [-0.2, 0) is 4.74 Å². The fourth-order valence-corrected chi connectivity index (χ4v) is 3.40. The van der Waals surface area contributed by atoms with E-state index in [4.69, 9.17) is 10.5 Å². The zero-order valence-corrected chi connectivity index (χ0v) is 10.00. The van der Waals surface area contributed by atoms with Gasteiger partial charge in [0.2, 0.25) is 0 Å². The van der Waals surface area contributed by atoms with E-state index in [0.29, 0.717) is 17.2 Å². The third-order valence-corrected chi connectivity index (χ3v) is 4.19. The summed E-state index contributed by atoms with van der Waals surface area (Å²) in [5.41, 5.74) is 7.27. The SMILES string of the molecule is CCOC(=O)c1sc2snc(C)c2c1N. The Morgan fingerprint density at radius 3 is 2.93 bits per heavy atom. The number of aryl methyl sites for hydroxylation is 1. The van der Waals surface area contributed by atoms with Gasteiger partial charge in [0.15, 0.2) is 0 Å². The number of nitrogen functional groups attached to an aromatic ring is 1. The molecule has 0 aliphatic rings. The Morgan fingerprint density at radius 1 is 1.60 bits per heavy atom. The molecular formula is C9H10N2O2S2. The van der Waals surface area contributed by atoms with Gasteiger partial charge in [-0.15, -0.1) is 11.3 Å². The van der Waals surface area contributed by atoms with Gasteiger partial charge >= 0.3 is 5.97 Å². The first kappa shape index (κ1) is 10.4. The fourth-order valence-electron chi connectivity index (χ4n) is 1.33. The summed E-state index contributed by atoms with van der Waals surface area (Å²) in [7, 11) is 0. The van der Waals surface area contributed by atoms with E-state index in [1.54, 1.807) is 6.92 Å². The average molecular weight is 242 g/mol. The molecule has 4 nitrogen and oxygen atoms in total. The predicted octanol–water partition coefficient (Wildman–Crippen LogP) is 2.43. The Bertz CT molecular complexity index is 515. The Labute approximate surface area is 94.8 Å². The molecule has 2 N–H and O–H groups in total. The molecule has 0 aliphatic carbocycles. The zero-order valence-electron chi connectivity index (χ0n) is 8.36. The molecule has 0 radical (unpaired) electrons. The summed E-state index contributed by atoms with van der Waals surface area (Å²) in [5.74, 6) is -0.345. The number of thiophene rings is 1. The number of anilines is 1. The van der Waals surface area contributed by atoms with Crippen LogP contribution in [0.5, 0.6) is 0 Å². The first-order valence-corrected chi connectivity index (χ1v) is 6.05. The molecule has 2 aromatic rings. The lowest BCUT2D eigenvalue weighted by atomic mass is 10.2. The summed E-state index contributed by atoms with van der Waals surface area (Å²) in [4.78, 5) is 12.0. The first-order valence-electron chi connectivity index (χ1n) is 4.46. The molecule has 0 saturated carbocycles. The largest absolute Gasteiger partial charge is 0.462 e. The minimum atomic E-state index is -0.345. The van der Waals surface area contributed by atoms with Gasteiger partial charge < -0.3 is 10.5 Å². The van der Waals surface area contributed by atoms with E-state index >= 15 is 0 Å². The van der Waals surface area contributed by atoms with Gasteiger partial charge in [-0.25, -0.2) is 4.79 Å². The van der Waals surface area contributed by atoms with Crippen LogP contribution in [-0.4, -0.2) is 16.9 Å². The summed E-state index contributed by atoms with van der Waals surface area (Å²) in [5, 5.41) is 0.896. The Morgan fingerprint density at radius 2 is 2.33 bits per heavy atom. The molecule has 0 fully saturated rings. The lowest BCUT2D eigenvalue weighted by molar-refractivity contribution is 0.0533. The van der Waals surface area contributed by atoms with Crippen molar-refractivity contribution >= 4 is 43.9 Å². The lowest BCUT2D eigenvalue weighted by Gasteiger charge is -1.99. The molecule has 0 unspecified atom stereocenters. The second-order valence-electron chi connectivity index (χ2n) is 3.00. The second-order valence-corrected chi connectivity index (χ2v) is 5.05. The third kappa shape index (κ3) is 1.59. The van der Waals surface area contributed by atoms with Gasteiger partial charge in [0.25, 0.3) is 0 Å². The maximum Gasteiger partial charge on any atom is 0.350 e. The minimum absolute atomic E-state index is 0.345. The highest BCUT2D eigenvalue weighted by Gasteiger charge is 2.20. The van der Waals surface area contributed by atoms with Gasteiger partial charge in [0.05, 0.1) is 23.4 Å². The molecule has 0 bridgehead atoms. The van der Waals surface area contributed by atoms with Gasteiger partial charge in [-0.2, -0.15) is 4.37 Å². The Hall–Kier alpha value is -1.14. The molecule has 0 aromatic carbocycles. The molecular weight excluding hydrogens is 232 g/mol. The molecule has 0 atom stereocenters. The van der Waals surface area contributed by atoms with Crippen molar-refractivity contribution in [3.05, 3.63) is 10.6 Å². The van der Waals surface area contributed by atoms with E-state index in [9.17, 15) is 4.79 Å². The van der Waals surface area contributed by atoms with Crippen LogP contribution < -0.4 is 5.73 Å². The zero-order chi connectivity index (χ0) is 11.0. The lowest BCUT2D eigenvalue weighted by Crippen LogP contribution is -2.04. The third-order valence-electron chi connectivity index (χ3n) is 2.00. The van der Waals surface area contributed by atoms with Crippen molar-refractivity contribution in [2.24, 2.45) is 0 Å². The highest BCUT2D eigenvalue weighted by molar-refractivity contribution is 7.37. The molecule has 0 aliphatic heterocycles. The minimum Gasteiger partial charge on any atom is -0.462 e. The van der Waals surface area contributed by atoms with Crippen LogP contribution in [0.4, 0.5) is 5.69 Å². The summed E-state index contributed by atoms with van der Waals surface area (Å²) >= 11 is 2.71. The maximum atomic E-state index is 11.5. The Kier molecular flexibility index (Phi) is 2.62. The Balaban J connectivity index is 2.53. The molecule has 0 spiro atoms. The number of nitrogens with two attached hydrogens (primary N) is 1. The van der Waals surface area contributed by atoms with Gasteiger partial charge in [0, 0.05) is 0 Å². The maximum absolute atomic E-state index is 11.5. The number of nitrogens with zero attached hydrogens (tertiary/aromatic N) is 1. The number of fused-ring (bicyclic) bond motifs is 1. The van der Waals surface area contributed by atoms with Crippen molar-refractivity contribution in [2.75, 3.05) is 12.3 Å². The highest BCUT2D eigenvalue weighted by Crippen LogP contribution is 2.38. The van der Waals surface area contributed by atoms with Crippen molar-refractivity contribution in [3.8, 4) is 0 Å². The number of carbonyl (C=O) groups is 1. The van der Waals surface area contributed by atoms with E-state index in [-0.39, 0.29) is 5.97 Å². The monoisotopic (exact) mass is 242 g/mol. The van der Waals surface area contributed by atoms with Gasteiger partial charge in [-0.05, 0) is 25.4 Å². The van der Waals surface area contributed by atoms with Gasteiger partial charge in [-0.3, -0.25) is 0 Å². The predicted molar refractivity (Wildman–Crippen MR) is 62.6 cm³/mol. The highest BCUT2D eigenvalue weighted by atomic mass is 32.2. The summed E-state index contributed by atoms with van der Waals surface area (Å²) in [6, 6.07) is 0. The topological polar surface area (TPSA) is 65.2 Å². The molecule has 2 aromatic heterocycles. The van der Waals surface area contributed by atoms with E-state index in [1.807, 2.05) is 6.92 Å². The molecule has 80 valence electrons. The van der Waals surface area contributed by atoms with Crippen LogP contribution in [0.25, 0.3) is 9.40 Å². The van der Waals surface area contributed by atoms with E-state index in [0.717, 1.165) is 15.1 Å². The van der Waals surface area contributed by atoms with Crippen molar-refractivity contribution in [2.45, 2.75) is 13.8 Å². The standard InChI is InChI=1S/C9H10N2O2S2/c1-3-13-8(12)7-6(10)5-4(2)11-15-9(5)14-7/h3,10H2,1-2H3. The number of hydrogen-bond acceptors (Lipinski definition) is 6. The van der Waals surface area contributed by atoms with E-state index < -0.39 is 0 Å². The van der Waals surface area contributed by atoms with Gasteiger partial charge in [-0.1, -0.05) is 0 Å². The number of rotatable bonds is 2. The van der Waals surface area contributed by atoms with Crippen LogP contribution in [0.15, 0.2) is 0 Å². The van der Waals surface area contributed by atoms with Crippen molar-refractivity contribution in [1.29, 1.82) is 0 Å². The smallest absolute Gasteiger partial charge is 0.350 e. The van der Waals surface area contributed by atoms with Crippen molar-refractivity contribution in [1.82, 2.24) is 4.37 Å². The number of ether oxygens (including phenoxy) is 1. The number of carbonyl (C=O) groups excluding carboxylic acids is 1. The van der Waals surface area contributed by atoms with Crippen LogP contribution in [0.3, 0.4) is 0 Å². The summed E-state index contributed by atoms with van der Waals surface area (Å²) < 4.78 is 10.1. The molecule has 0 amide bonds. The summed E-state index contributed by atoms with van der Waals surface area (Å²) in [6.45, 7) is 4.02. The van der Waals surface area contributed by atoms with Crippen LogP contribution in [0.2, 0.25) is 0 Å². The molecule has 0 saturated heterocycles. The van der Waals surface area contributed by atoms with E-state index in [2.05, 4.69) is 4.37 Å². The molecule has 2 rings (SSSR count). The van der Waals surface area contributed by atoms with Gasteiger partial charge in [0.1, 0.15) is 8.89 Å². The quantitative estimate of drug-likeness (QED) is 0.821. The summed E-state index contributed by atoms with van der Waals surface area (Å²) in [6.07, 6.45) is 0. The molecule has 6 heteroatoms. The normalized spacial score (nSPS) is 10.8. The second kappa shape index (κ2) is 3.79. The van der Waals surface area contributed by atoms with Crippen LogP contribution in [0.1, 0.15) is 22.3 Å². The fraction of sp³-hybridized carbons (Fsp3) is 0.333. The first-order chi connectivity index (χ1) is 7.15. The molecule has 2 heterocycles. The average Bonchev–Trinajstić information content (AvgIpc) is 2.70. The van der Waals surface area contributed by atoms with E-state index in [1.165, 1.54) is 22.9 Å². The number of hydrogen-bond donors (Lipinski definition) is 1. The number of esters is 1. The van der Waals surface area contributed by atoms with Crippen molar-refractivity contribution < 1.29 is 9.53 Å². The van der Waals surface area contributed by atoms with Crippen LogP contribution in [0, 0.1) is 6.92 Å². The number of aromatic nitrogens is 1. The van der Waals surface area contributed by atoms with Crippen molar-refractivity contribution in [3.63, 3.8) is 0 Å².